The van der Waals surface area contributed by atoms with Crippen LogP contribution in [0.5, 0.6) is 0 Å². The predicted molar refractivity (Wildman–Crippen MR) is 89.9 cm³/mol. The minimum absolute atomic E-state index is 0.0314. The summed E-state index contributed by atoms with van der Waals surface area (Å²) in [6, 6.07) is 7.61. The number of fused-ring (bicyclic) bond motifs is 1. The molecule has 0 aliphatic rings. The number of aromatic amines is 1. The Morgan fingerprint density at radius 3 is 2.36 bits per heavy atom. The van der Waals surface area contributed by atoms with E-state index < -0.39 is 21.7 Å². The van der Waals surface area contributed by atoms with Gasteiger partial charge in [0.05, 0.1) is 10.6 Å². The third kappa shape index (κ3) is 2.83. The molecule has 1 heterocycles. The van der Waals surface area contributed by atoms with E-state index in [-0.39, 0.29) is 16.0 Å². The zero-order valence-electron chi connectivity index (χ0n) is 13.4. The van der Waals surface area contributed by atoms with Crippen LogP contribution in [0.15, 0.2) is 41.3 Å². The third-order valence-corrected chi connectivity index (χ3v) is 5.73. The molecule has 0 aliphatic heterocycles. The van der Waals surface area contributed by atoms with Crippen LogP contribution in [-0.2, 0) is 10.0 Å². The van der Waals surface area contributed by atoms with Crippen LogP contribution in [0.1, 0.15) is 10.4 Å². The molecule has 25 heavy (non-hydrogen) atoms. The molecule has 0 fully saturated rings. The molecule has 8 heteroatoms. The van der Waals surface area contributed by atoms with E-state index in [2.05, 4.69) is 4.98 Å². The molecule has 0 saturated heterocycles. The third-order valence-electron chi connectivity index (χ3n) is 3.91. The maximum absolute atomic E-state index is 13.5. The number of halogens is 2. The number of aldehydes is 1. The summed E-state index contributed by atoms with van der Waals surface area (Å²) >= 11 is 0. The molecule has 0 saturated carbocycles. The summed E-state index contributed by atoms with van der Waals surface area (Å²) in [4.78, 5) is 14.6. The molecule has 2 aromatic carbocycles. The Bertz CT molecular complexity index is 1090. The van der Waals surface area contributed by atoms with Crippen molar-refractivity contribution in [3.63, 3.8) is 0 Å². The van der Waals surface area contributed by atoms with Crippen molar-refractivity contribution in [3.05, 3.63) is 53.6 Å². The van der Waals surface area contributed by atoms with Crippen molar-refractivity contribution in [2.24, 2.45) is 0 Å². The van der Waals surface area contributed by atoms with Crippen LogP contribution in [0, 0.1) is 11.6 Å². The van der Waals surface area contributed by atoms with Gasteiger partial charge in [-0.25, -0.2) is 21.5 Å². The first-order valence-electron chi connectivity index (χ1n) is 7.24. The van der Waals surface area contributed by atoms with Crippen molar-refractivity contribution in [1.29, 1.82) is 0 Å². The highest BCUT2D eigenvalue weighted by molar-refractivity contribution is 7.89. The fourth-order valence-corrected chi connectivity index (χ4v) is 3.49. The molecule has 0 bridgehead atoms. The van der Waals surface area contributed by atoms with Crippen molar-refractivity contribution in [1.82, 2.24) is 9.29 Å². The first-order chi connectivity index (χ1) is 11.8. The summed E-state index contributed by atoms with van der Waals surface area (Å²) in [5.74, 6) is -2.03. The van der Waals surface area contributed by atoms with E-state index in [0.29, 0.717) is 22.9 Å². The van der Waals surface area contributed by atoms with Crippen LogP contribution < -0.4 is 0 Å². The van der Waals surface area contributed by atoms with E-state index in [0.717, 1.165) is 16.4 Å². The van der Waals surface area contributed by atoms with Gasteiger partial charge in [0.2, 0.25) is 10.0 Å². The topological polar surface area (TPSA) is 70.2 Å². The average molecular weight is 364 g/mol. The average Bonchev–Trinajstić information content (AvgIpc) is 2.94. The van der Waals surface area contributed by atoms with Crippen LogP contribution in [-0.4, -0.2) is 38.1 Å². The molecule has 5 nitrogen and oxygen atoms in total. The summed E-state index contributed by atoms with van der Waals surface area (Å²) in [6.07, 6.45) is 0.557. The second-order valence-electron chi connectivity index (χ2n) is 5.66. The standard InChI is InChI=1S/C17H14F2N2O3S/c1-21(2)25(23,24)11-4-6-16-12(8-11)13(9-22)17(20-16)10-3-5-14(18)15(19)7-10/h3-9,20H,1-2H3. The molecule has 0 unspecified atom stereocenters. The van der Waals surface area contributed by atoms with Gasteiger partial charge in [-0.05, 0) is 36.4 Å². The Kier molecular flexibility index (Phi) is 4.18. The molecule has 0 amide bonds. The number of aromatic nitrogens is 1. The minimum atomic E-state index is -3.67. The Hall–Kier alpha value is -2.58. The van der Waals surface area contributed by atoms with Gasteiger partial charge in [0.1, 0.15) is 0 Å². The second kappa shape index (κ2) is 6.05. The first-order valence-corrected chi connectivity index (χ1v) is 8.68. The fraction of sp³-hybridized carbons (Fsp3) is 0.118. The number of hydrogen-bond acceptors (Lipinski definition) is 3. The predicted octanol–water partition coefficient (Wildman–Crippen LogP) is 3.18. The van der Waals surface area contributed by atoms with Gasteiger partial charge < -0.3 is 4.98 Å². The van der Waals surface area contributed by atoms with Crippen molar-refractivity contribution < 1.29 is 22.0 Å². The van der Waals surface area contributed by atoms with Crippen LogP contribution in [0.3, 0.4) is 0 Å². The number of carbonyl (C=O) groups excluding carboxylic acids is 1. The maximum atomic E-state index is 13.5. The second-order valence-corrected chi connectivity index (χ2v) is 7.81. The van der Waals surface area contributed by atoms with Gasteiger partial charge in [-0.3, -0.25) is 4.79 Å². The van der Waals surface area contributed by atoms with Crippen molar-refractivity contribution in [2.75, 3.05) is 14.1 Å². The monoisotopic (exact) mass is 364 g/mol. The molecule has 130 valence electrons. The van der Waals surface area contributed by atoms with Gasteiger partial charge in [-0.15, -0.1) is 0 Å². The smallest absolute Gasteiger partial charge is 0.242 e. The largest absolute Gasteiger partial charge is 0.354 e. The zero-order valence-corrected chi connectivity index (χ0v) is 14.2. The van der Waals surface area contributed by atoms with E-state index >= 15 is 0 Å². The molecular formula is C17H14F2N2O3S. The number of hydrogen-bond donors (Lipinski definition) is 1. The van der Waals surface area contributed by atoms with E-state index in [9.17, 15) is 22.0 Å². The molecule has 0 aliphatic carbocycles. The number of H-pyrrole nitrogens is 1. The van der Waals surface area contributed by atoms with E-state index in [1.54, 1.807) is 0 Å². The van der Waals surface area contributed by atoms with Gasteiger partial charge in [0, 0.05) is 36.1 Å². The number of carbonyl (C=O) groups is 1. The highest BCUT2D eigenvalue weighted by Gasteiger charge is 2.20. The summed E-state index contributed by atoms with van der Waals surface area (Å²) in [7, 11) is -0.854. The molecular weight excluding hydrogens is 350 g/mol. The Morgan fingerprint density at radius 2 is 1.76 bits per heavy atom. The highest BCUT2D eigenvalue weighted by atomic mass is 32.2. The Morgan fingerprint density at radius 1 is 1.04 bits per heavy atom. The maximum Gasteiger partial charge on any atom is 0.242 e. The van der Waals surface area contributed by atoms with Crippen molar-refractivity contribution in [2.45, 2.75) is 4.90 Å². The summed E-state index contributed by atoms with van der Waals surface area (Å²) in [6.45, 7) is 0. The van der Waals surface area contributed by atoms with Crippen molar-refractivity contribution in [3.8, 4) is 11.3 Å². The lowest BCUT2D eigenvalue weighted by Crippen LogP contribution is -2.22. The number of sulfonamides is 1. The van der Waals surface area contributed by atoms with Crippen molar-refractivity contribution >= 4 is 27.2 Å². The first kappa shape index (κ1) is 17.2. The molecule has 0 atom stereocenters. The zero-order chi connectivity index (χ0) is 18.4. The summed E-state index contributed by atoms with van der Waals surface area (Å²) < 4.78 is 52.2. The molecule has 3 aromatic rings. The normalized spacial score (nSPS) is 12.0. The number of benzene rings is 2. The van der Waals surface area contributed by atoms with Gasteiger partial charge in [-0.1, -0.05) is 0 Å². The number of nitrogens with one attached hydrogen (secondary N) is 1. The lowest BCUT2D eigenvalue weighted by molar-refractivity contribution is 0.112. The lowest BCUT2D eigenvalue weighted by Gasteiger charge is -2.11. The molecule has 1 N–H and O–H groups in total. The van der Waals surface area contributed by atoms with Crippen LogP contribution in [0.2, 0.25) is 0 Å². The van der Waals surface area contributed by atoms with E-state index in [1.807, 2.05) is 0 Å². The van der Waals surface area contributed by atoms with E-state index in [1.165, 1.54) is 38.4 Å². The minimum Gasteiger partial charge on any atom is -0.354 e. The quantitative estimate of drug-likeness (QED) is 0.723. The van der Waals surface area contributed by atoms with Crippen LogP contribution in [0.25, 0.3) is 22.2 Å². The lowest BCUT2D eigenvalue weighted by atomic mass is 10.1. The van der Waals surface area contributed by atoms with Gasteiger partial charge in [0.15, 0.2) is 17.9 Å². The SMILES string of the molecule is CN(C)S(=O)(=O)c1ccc2[nH]c(-c3ccc(F)c(F)c3)c(C=O)c2c1. The Labute approximate surface area is 142 Å². The van der Waals surface area contributed by atoms with E-state index in [4.69, 9.17) is 0 Å². The number of rotatable bonds is 4. The van der Waals surface area contributed by atoms with Gasteiger partial charge >= 0.3 is 0 Å². The van der Waals surface area contributed by atoms with Crippen LogP contribution in [0.4, 0.5) is 8.78 Å². The summed E-state index contributed by atoms with van der Waals surface area (Å²) in [5, 5.41) is 0.387. The van der Waals surface area contributed by atoms with Gasteiger partial charge in [0.25, 0.3) is 0 Å². The van der Waals surface area contributed by atoms with Crippen LogP contribution >= 0.6 is 0 Å². The Balaban J connectivity index is 2.26. The van der Waals surface area contributed by atoms with Gasteiger partial charge in [-0.2, -0.15) is 0 Å². The highest BCUT2D eigenvalue weighted by Crippen LogP contribution is 2.31. The summed E-state index contributed by atoms with van der Waals surface area (Å²) in [5.41, 5.74) is 1.27. The molecule has 0 radical (unpaired) electrons. The molecule has 3 rings (SSSR count). The molecule has 1 aromatic heterocycles. The fourth-order valence-electron chi connectivity index (χ4n) is 2.56. The molecule has 0 spiro atoms. The number of nitrogens with zero attached hydrogens (tertiary/aromatic N) is 1.